The predicted molar refractivity (Wildman–Crippen MR) is 86.7 cm³/mol. The number of hydrogen-bond acceptors (Lipinski definition) is 4. The number of anilines is 1. The van der Waals surface area contributed by atoms with Gasteiger partial charge in [-0.2, -0.15) is 0 Å². The van der Waals surface area contributed by atoms with E-state index in [-0.39, 0.29) is 7.33 Å². The third kappa shape index (κ3) is 2.83. The highest BCUT2D eigenvalue weighted by molar-refractivity contribution is 7.71. The molecule has 1 N–H and O–H groups in total. The van der Waals surface area contributed by atoms with Crippen molar-refractivity contribution in [3.05, 3.63) is 53.2 Å². The lowest BCUT2D eigenvalue weighted by atomic mass is 10.2. The van der Waals surface area contributed by atoms with Crippen LogP contribution in [0.15, 0.2) is 52.9 Å². The minimum absolute atomic E-state index is 0. The van der Waals surface area contributed by atoms with Gasteiger partial charge in [0.05, 0.1) is 5.39 Å². The van der Waals surface area contributed by atoms with Gasteiger partial charge in [-0.25, -0.2) is 4.98 Å². The number of nitrogens with zero attached hydrogens (tertiary/aromatic N) is 1. The van der Waals surface area contributed by atoms with E-state index >= 15 is 0 Å². The molecule has 0 bridgehead atoms. The predicted octanol–water partition coefficient (Wildman–Crippen LogP) is 4.43. The number of aromatic nitrogens is 1. The van der Waals surface area contributed by atoms with Gasteiger partial charge in [-0.05, 0) is 36.4 Å². The first-order chi connectivity index (χ1) is 10.1. The first kappa shape index (κ1) is 13.5. The maximum Gasteiger partial charge on any atom is 0.227 e. The summed E-state index contributed by atoms with van der Waals surface area (Å²) in [7, 11) is 0. The largest absolute Gasteiger partial charge is 0.438 e. The SMILES string of the molecule is CC(=O)Nc1ccc(-c2nc(=S)c3ccccc3o2)cc1.[HH]. The Hall–Kier alpha value is -2.53. The molecule has 2 aromatic carbocycles. The van der Waals surface area contributed by atoms with E-state index in [9.17, 15) is 4.79 Å². The van der Waals surface area contributed by atoms with Gasteiger partial charge in [0.1, 0.15) is 10.2 Å². The Bertz CT molecular complexity index is 875. The average molecular weight is 298 g/mol. The van der Waals surface area contributed by atoms with Crippen LogP contribution >= 0.6 is 12.2 Å². The van der Waals surface area contributed by atoms with E-state index in [0.717, 1.165) is 16.6 Å². The fourth-order valence-electron chi connectivity index (χ4n) is 2.03. The Balaban J connectivity index is 0.00000176. The quantitative estimate of drug-likeness (QED) is 0.711. The number of benzene rings is 2. The van der Waals surface area contributed by atoms with Gasteiger partial charge in [-0.3, -0.25) is 4.79 Å². The van der Waals surface area contributed by atoms with Crippen molar-refractivity contribution >= 4 is 34.8 Å². The summed E-state index contributed by atoms with van der Waals surface area (Å²) in [4.78, 5) is 15.3. The molecule has 0 radical (unpaired) electrons. The van der Waals surface area contributed by atoms with E-state index < -0.39 is 0 Å². The Morgan fingerprint density at radius 2 is 1.90 bits per heavy atom. The molecule has 106 valence electrons. The number of fused-ring (bicyclic) bond motifs is 1. The molecule has 21 heavy (non-hydrogen) atoms. The molecule has 0 saturated carbocycles. The van der Waals surface area contributed by atoms with Crippen LogP contribution in [0.4, 0.5) is 5.69 Å². The minimum Gasteiger partial charge on any atom is -0.438 e. The molecule has 3 rings (SSSR count). The normalized spacial score (nSPS) is 10.5. The highest BCUT2D eigenvalue weighted by Crippen LogP contribution is 2.24. The molecule has 0 spiro atoms. The van der Waals surface area contributed by atoms with Crippen LogP contribution in [-0.2, 0) is 4.79 Å². The maximum atomic E-state index is 11.0. The summed E-state index contributed by atoms with van der Waals surface area (Å²) in [5.41, 5.74) is 2.24. The lowest BCUT2D eigenvalue weighted by Gasteiger charge is -2.05. The average Bonchev–Trinajstić information content (AvgIpc) is 2.47. The van der Waals surface area contributed by atoms with Crippen molar-refractivity contribution in [3.63, 3.8) is 0 Å². The van der Waals surface area contributed by atoms with Gasteiger partial charge >= 0.3 is 0 Å². The summed E-state index contributed by atoms with van der Waals surface area (Å²) < 4.78 is 6.30. The van der Waals surface area contributed by atoms with Crippen LogP contribution in [0.2, 0.25) is 0 Å². The molecule has 3 aromatic rings. The third-order valence-electron chi connectivity index (χ3n) is 2.98. The minimum atomic E-state index is -0.107. The van der Waals surface area contributed by atoms with Crippen molar-refractivity contribution in [3.8, 4) is 11.5 Å². The molecule has 1 amide bonds. The monoisotopic (exact) mass is 298 g/mol. The molecule has 0 saturated heterocycles. The van der Waals surface area contributed by atoms with Crippen LogP contribution in [0.5, 0.6) is 0 Å². The molecule has 0 aliphatic carbocycles. The number of nitrogens with one attached hydrogen (secondary N) is 1. The first-order valence-corrected chi connectivity index (χ1v) is 6.82. The number of rotatable bonds is 2. The zero-order valence-corrected chi connectivity index (χ0v) is 12.1. The molecule has 4 nitrogen and oxygen atoms in total. The van der Waals surface area contributed by atoms with Crippen molar-refractivity contribution in [1.29, 1.82) is 0 Å². The summed E-state index contributed by atoms with van der Waals surface area (Å²) in [6.07, 6.45) is 0. The molecular formula is C16H14N2O2S. The van der Waals surface area contributed by atoms with Crippen molar-refractivity contribution in [1.82, 2.24) is 4.98 Å². The van der Waals surface area contributed by atoms with Gasteiger partial charge in [-0.15, -0.1) is 0 Å². The van der Waals surface area contributed by atoms with Crippen LogP contribution < -0.4 is 5.32 Å². The van der Waals surface area contributed by atoms with E-state index in [1.165, 1.54) is 6.92 Å². The van der Waals surface area contributed by atoms with Gasteiger partial charge in [0, 0.05) is 19.6 Å². The van der Waals surface area contributed by atoms with Gasteiger partial charge in [0.2, 0.25) is 11.8 Å². The molecule has 0 fully saturated rings. The summed E-state index contributed by atoms with van der Waals surface area (Å²) in [6.45, 7) is 1.47. The van der Waals surface area contributed by atoms with E-state index in [4.69, 9.17) is 16.6 Å². The second kappa shape index (κ2) is 5.46. The summed E-state index contributed by atoms with van der Waals surface area (Å²) in [5, 5.41) is 3.54. The standard InChI is InChI=1S/C16H12N2O2S.H2/c1-10(19)17-12-8-6-11(7-9-12)15-18-16(21)13-4-2-3-5-14(13)20-15;/h2-9H,1H3,(H,17,19);1H. The lowest BCUT2D eigenvalue weighted by molar-refractivity contribution is -0.114. The fourth-order valence-corrected chi connectivity index (χ4v) is 2.29. The van der Waals surface area contributed by atoms with Crippen LogP contribution in [0.25, 0.3) is 22.4 Å². The first-order valence-electron chi connectivity index (χ1n) is 6.41. The second-order valence-electron chi connectivity index (χ2n) is 4.58. The summed E-state index contributed by atoms with van der Waals surface area (Å²) in [5.74, 6) is 0.359. The van der Waals surface area contributed by atoms with Crippen LogP contribution in [0, 0.1) is 4.64 Å². The Kier molecular flexibility index (Phi) is 3.50. The van der Waals surface area contributed by atoms with Gasteiger partial charge in [0.25, 0.3) is 0 Å². The molecule has 0 aliphatic rings. The number of carbonyl (C=O) groups is 1. The smallest absolute Gasteiger partial charge is 0.227 e. The van der Waals surface area contributed by atoms with Gasteiger partial charge in [0.15, 0.2) is 0 Å². The molecular weight excluding hydrogens is 284 g/mol. The Morgan fingerprint density at radius 1 is 1.19 bits per heavy atom. The molecule has 1 heterocycles. The van der Waals surface area contributed by atoms with Crippen LogP contribution in [-0.4, -0.2) is 10.9 Å². The van der Waals surface area contributed by atoms with E-state index in [0.29, 0.717) is 16.1 Å². The third-order valence-corrected chi connectivity index (χ3v) is 3.29. The van der Waals surface area contributed by atoms with Crippen molar-refractivity contribution < 1.29 is 10.6 Å². The van der Waals surface area contributed by atoms with E-state index in [1.54, 1.807) is 12.1 Å². The highest BCUT2D eigenvalue weighted by atomic mass is 32.1. The lowest BCUT2D eigenvalue weighted by Crippen LogP contribution is -2.05. The molecule has 0 unspecified atom stereocenters. The zero-order chi connectivity index (χ0) is 14.8. The van der Waals surface area contributed by atoms with E-state index in [1.807, 2.05) is 36.4 Å². The van der Waals surface area contributed by atoms with Gasteiger partial charge in [-0.1, -0.05) is 24.4 Å². The Morgan fingerprint density at radius 3 is 2.62 bits per heavy atom. The fraction of sp³-hybridized carbons (Fsp3) is 0.0625. The summed E-state index contributed by atoms with van der Waals surface area (Å²) >= 11 is 5.30. The molecule has 1 aromatic heterocycles. The number of amides is 1. The van der Waals surface area contributed by atoms with Crippen molar-refractivity contribution in [2.45, 2.75) is 6.92 Å². The zero-order valence-electron chi connectivity index (χ0n) is 11.3. The Labute approximate surface area is 127 Å². The van der Waals surface area contributed by atoms with Crippen LogP contribution in [0.1, 0.15) is 8.35 Å². The molecule has 0 aliphatic heterocycles. The number of para-hydroxylation sites is 1. The van der Waals surface area contributed by atoms with E-state index in [2.05, 4.69) is 10.3 Å². The second-order valence-corrected chi connectivity index (χ2v) is 4.97. The molecule has 0 atom stereocenters. The molecule has 5 heteroatoms. The topological polar surface area (TPSA) is 55.1 Å². The summed E-state index contributed by atoms with van der Waals surface area (Å²) in [6, 6.07) is 14.8. The van der Waals surface area contributed by atoms with Gasteiger partial charge < -0.3 is 9.73 Å². The van der Waals surface area contributed by atoms with Crippen LogP contribution in [0.3, 0.4) is 0 Å². The number of carbonyl (C=O) groups excluding carboxylic acids is 1. The number of hydrogen-bond donors (Lipinski definition) is 1. The highest BCUT2D eigenvalue weighted by Gasteiger charge is 2.06. The maximum absolute atomic E-state index is 11.0. The van der Waals surface area contributed by atoms with Crippen molar-refractivity contribution in [2.24, 2.45) is 0 Å². The van der Waals surface area contributed by atoms with Crippen molar-refractivity contribution in [2.75, 3.05) is 5.32 Å².